The molecule has 12 N–H and O–H groups in total. The Labute approximate surface area is 778 Å². The third-order valence-corrected chi connectivity index (χ3v) is 23.8. The van der Waals surface area contributed by atoms with E-state index in [0.29, 0.717) is 162 Å². The molecular weight excluding hydrogens is 1820 g/mol. The molecule has 0 aliphatic carbocycles. The second-order valence-corrected chi connectivity index (χ2v) is 33.5. The summed E-state index contributed by atoms with van der Waals surface area (Å²) >= 11 is 35.0. The molecule has 0 bridgehead atoms. The number of carbonyl (C=O) groups excluding carboxylic acids is 4. The van der Waals surface area contributed by atoms with Gasteiger partial charge in [-0.25, -0.2) is 23.6 Å². The van der Waals surface area contributed by atoms with Crippen LogP contribution < -0.4 is 44.0 Å². The third kappa shape index (κ3) is 20.6. The lowest BCUT2D eigenvalue weighted by Gasteiger charge is -2.16. The summed E-state index contributed by atoms with van der Waals surface area (Å²) in [6, 6.07) is 69.9. The molecule has 16 aromatic rings. The van der Waals surface area contributed by atoms with Gasteiger partial charge in [0.05, 0.1) is 89.7 Å². The lowest BCUT2D eigenvalue weighted by molar-refractivity contribution is -0.118. The third-order valence-electron chi connectivity index (χ3n) is 21.7. The lowest BCUT2D eigenvalue weighted by atomic mass is 9.93. The number of rotatable bonds is 13. The number of imidazole rings is 4. The Bertz CT molecular complexity index is 6970. The normalized spacial score (nSPS) is 15.4. The summed E-state index contributed by atoms with van der Waals surface area (Å²) in [6.07, 6.45) is 1.36. The number of nitrogens with zero attached hydrogens (tertiary/aromatic N) is 4. The molecule has 130 heavy (non-hydrogen) atoms. The fourth-order valence-corrected chi connectivity index (χ4v) is 16.9. The summed E-state index contributed by atoms with van der Waals surface area (Å²) < 4.78 is 15.2. The molecule has 4 amide bonds. The molecule has 12 aromatic carbocycles. The molecule has 660 valence electrons. The predicted molar refractivity (Wildman–Crippen MR) is 528 cm³/mol. The molecule has 4 aliphatic heterocycles. The van der Waals surface area contributed by atoms with Gasteiger partial charge in [0.25, 0.3) is 0 Å². The Hall–Kier alpha value is -13.9. The van der Waals surface area contributed by atoms with Crippen molar-refractivity contribution >= 4 is 187 Å². The van der Waals surface area contributed by atoms with Crippen LogP contribution in [-0.4, -0.2) is 111 Å². The van der Waals surface area contributed by atoms with Crippen molar-refractivity contribution in [3.8, 4) is 0 Å². The topological polar surface area (TPSA) is 360 Å². The number of benzene rings is 12. The van der Waals surface area contributed by atoms with Gasteiger partial charge in [0.2, 0.25) is 23.6 Å². The number of aliphatic imine (C=N–C) groups is 4. The van der Waals surface area contributed by atoms with E-state index in [1.54, 1.807) is 109 Å². The van der Waals surface area contributed by atoms with E-state index in [9.17, 15) is 42.7 Å². The van der Waals surface area contributed by atoms with Crippen molar-refractivity contribution < 1.29 is 23.6 Å². The zero-order chi connectivity index (χ0) is 87.7. The molecule has 0 radical (unpaired) electrons. The zero-order valence-corrected chi connectivity index (χ0v) is 71.9. The molecule has 4 atom stereocenters. The fraction of sp³-hybridized carbons (Fsp3) is 0.152. The van der Waals surface area contributed by atoms with Crippen LogP contribution in [0.5, 0.6) is 0 Å². The maximum Gasteiger partial charge on any atom is 0.323 e. The monoisotopic (exact) mass is 1900 g/mol. The summed E-state index contributed by atoms with van der Waals surface area (Å²) in [5.74, 6) is -0.966. The molecule has 20 rings (SSSR count). The number of nitrogens with one attached hydrogen (secondary N) is 12. The highest BCUT2D eigenvalue weighted by Gasteiger charge is 2.33. The van der Waals surface area contributed by atoms with Crippen LogP contribution in [0.1, 0.15) is 122 Å². The Kier molecular flexibility index (Phi) is 29.0. The van der Waals surface area contributed by atoms with Crippen LogP contribution in [0.2, 0.25) is 25.1 Å². The molecule has 31 heteroatoms. The van der Waals surface area contributed by atoms with Crippen molar-refractivity contribution in [1.29, 1.82) is 0 Å². The van der Waals surface area contributed by atoms with Gasteiger partial charge in [-0.1, -0.05) is 221 Å². The maximum atomic E-state index is 14.3. The van der Waals surface area contributed by atoms with E-state index >= 15 is 0 Å². The first kappa shape index (κ1) is 93.8. The van der Waals surface area contributed by atoms with Gasteiger partial charge in [-0.2, -0.15) is 0 Å². The van der Waals surface area contributed by atoms with Crippen LogP contribution in [0, 0.1) is 5.82 Å². The number of benzodiazepines with no additional fused rings is 4. The molecule has 24 nitrogen and oxygen atoms in total. The summed E-state index contributed by atoms with van der Waals surface area (Å²) in [6.45, 7) is 4.29. The molecule has 0 fully saturated rings. The largest absolute Gasteiger partial charge is 0.324 e. The van der Waals surface area contributed by atoms with Gasteiger partial charge >= 0.3 is 22.8 Å². The van der Waals surface area contributed by atoms with Crippen molar-refractivity contribution in [3.63, 3.8) is 0 Å². The number of halogens is 7. The van der Waals surface area contributed by atoms with Crippen molar-refractivity contribution in [2.24, 2.45) is 20.0 Å². The highest BCUT2D eigenvalue weighted by Crippen LogP contribution is 2.36. The average Bonchev–Trinajstić information content (AvgIpc) is 1.65. The van der Waals surface area contributed by atoms with Crippen LogP contribution in [0.15, 0.2) is 286 Å². The van der Waals surface area contributed by atoms with Crippen molar-refractivity contribution in [3.05, 3.63) is 392 Å². The molecule has 4 unspecified atom stereocenters. The first-order chi connectivity index (χ1) is 60.8. The number of anilines is 4. The van der Waals surface area contributed by atoms with Crippen molar-refractivity contribution in [2.75, 3.05) is 21.3 Å². The van der Waals surface area contributed by atoms with Crippen molar-refractivity contribution in [2.45, 2.75) is 99.3 Å². The van der Waals surface area contributed by atoms with E-state index < -0.39 is 24.2 Å². The molecule has 8 heterocycles. The van der Waals surface area contributed by atoms with Crippen LogP contribution in [-0.2, 0) is 44.9 Å². The molecule has 0 saturated heterocycles. The molecule has 4 aliphatic rings. The van der Waals surface area contributed by atoms with Gasteiger partial charge in [-0.15, -0.1) is 0 Å². The summed E-state index contributed by atoms with van der Waals surface area (Å²) in [7, 11) is 0. The second kappa shape index (κ2) is 40.2. The Balaban J connectivity index is 0.000000146. The number of fused-ring (bicyclic) bond motifs is 8. The van der Waals surface area contributed by atoms with Gasteiger partial charge in [-0.05, 0) is 173 Å². The minimum absolute atomic E-state index is 0. The lowest BCUT2D eigenvalue weighted by Crippen LogP contribution is -2.28. The van der Waals surface area contributed by atoms with E-state index in [1.807, 2.05) is 115 Å². The Morgan fingerprint density at radius 3 is 0.900 bits per heavy atom. The SMILES string of the molecule is C.C.C.C.CC(C)c1ccccc1CC1N=C(c2ccc3[nH]c(=O)[nH]c3c2)c2cc(Cl)ccc2NC1=O.O=C1Nc2ccc(Cl)cc2C(c2ccc3[nH]c(=O)[nH]c3c2)=NC1Cc1ccccc1Br.O=C1Nc2ccc(Cl)cc2C(c2ccc3[nH]c(=O)[nH]c3c2)=NC1Cc1ccccc1Cl.O=C1Nc2ccc(Cl)cc2C(c2ccc3[nH]c(=O)[nH]c3c2)=NC1Cc1ccccc1F. The number of H-pyrrole nitrogens is 8. The van der Waals surface area contributed by atoms with Crippen LogP contribution in [0.25, 0.3) is 44.1 Å². The highest BCUT2D eigenvalue weighted by molar-refractivity contribution is 9.10. The summed E-state index contributed by atoms with van der Waals surface area (Å²) in [5, 5.41) is 14.6. The van der Waals surface area contributed by atoms with Gasteiger partial charge in [0.1, 0.15) is 30.0 Å². The van der Waals surface area contributed by atoms with Gasteiger partial charge < -0.3 is 61.1 Å². The Morgan fingerprint density at radius 2 is 0.577 bits per heavy atom. The predicted octanol–water partition coefficient (Wildman–Crippen LogP) is 20.9. The molecule has 0 saturated carbocycles. The fourth-order valence-electron chi connectivity index (χ4n) is 15.6. The smallest absolute Gasteiger partial charge is 0.323 e. The average molecular weight is 1910 g/mol. The van der Waals surface area contributed by atoms with Gasteiger partial charge in [0.15, 0.2) is 0 Å². The number of aromatic nitrogens is 8. The van der Waals surface area contributed by atoms with Crippen LogP contribution in [0.4, 0.5) is 27.1 Å². The minimum Gasteiger partial charge on any atom is -0.324 e. The maximum absolute atomic E-state index is 14.3. The first-order valence-corrected chi connectivity index (χ1v) is 42.4. The molecule has 4 aromatic heterocycles. The van der Waals surface area contributed by atoms with E-state index in [0.717, 1.165) is 49.0 Å². The number of aromatic amines is 8. The van der Waals surface area contributed by atoms with Crippen molar-refractivity contribution in [1.82, 2.24) is 39.9 Å². The van der Waals surface area contributed by atoms with Gasteiger partial charge in [0, 0.05) is 99.8 Å². The number of hydrogen-bond acceptors (Lipinski definition) is 12. The standard InChI is InChI=1S/C26H23ClN4O2.C23H16BrClN4O2.C23H16Cl2N4O2.C23H16ClFN4O2.4CH4/c1-14(2)18-6-4-3-5-15(18)11-23-25(32)29-20-10-8-17(27)13-19(20)24(28-23)16-7-9-21-22(12-16)31-26(33)30-21;24-16-4-2-1-3-12(16)9-20-22(30)27-17-8-6-14(25)11-15(17)21(26-20)13-5-7-18-19(10-13)29-23(31)28-18;2*24-14-6-8-17-15(11-14)21(13-5-7-18-19(10-13)29-23(31)28-18)26-20(22(30)27-17)9-12-3-1-2-4-16(12)25;;;;/h3-10,12-14,23H,11H2,1-2H3,(H,29,32)(H2,30,31,33);3*1-8,10-11,20H,9H2,(H,27,30)(H2,28,29,31);4*1H4. The zero-order valence-electron chi connectivity index (χ0n) is 66.5. The van der Waals surface area contributed by atoms with E-state index in [-0.39, 0.29) is 88.3 Å². The quantitative estimate of drug-likeness (QED) is 0.0525. The van der Waals surface area contributed by atoms with E-state index in [1.165, 1.54) is 11.6 Å². The van der Waals surface area contributed by atoms with E-state index in [2.05, 4.69) is 103 Å². The summed E-state index contributed by atoms with van der Waals surface area (Å²) in [4.78, 5) is 140. The number of carbonyl (C=O) groups is 4. The van der Waals surface area contributed by atoms with E-state index in [4.69, 9.17) is 78.0 Å². The second-order valence-electron chi connectivity index (χ2n) is 30.5. The van der Waals surface area contributed by atoms with Crippen LogP contribution in [0.3, 0.4) is 0 Å². The molecular formula is C99H87BrCl5FN16O8. The minimum atomic E-state index is -0.848. The van der Waals surface area contributed by atoms with Gasteiger partial charge in [-0.3, -0.25) is 39.1 Å². The summed E-state index contributed by atoms with van der Waals surface area (Å²) in [5.41, 5.74) is 19.5. The Morgan fingerprint density at radius 1 is 0.308 bits per heavy atom. The number of hydrogen-bond donors (Lipinski definition) is 12. The highest BCUT2D eigenvalue weighted by atomic mass is 79.9. The molecule has 0 spiro atoms. The first-order valence-electron chi connectivity index (χ1n) is 39.7. The number of amides is 4. The van der Waals surface area contributed by atoms with Crippen LogP contribution >= 0.6 is 73.9 Å².